The van der Waals surface area contributed by atoms with Crippen LogP contribution in [0.2, 0.25) is 0 Å². The second kappa shape index (κ2) is 7.65. The van der Waals surface area contributed by atoms with E-state index in [9.17, 15) is 14.4 Å². The van der Waals surface area contributed by atoms with Crippen LogP contribution in [0.25, 0.3) is 0 Å². The summed E-state index contributed by atoms with van der Waals surface area (Å²) in [6.07, 6.45) is 1.22. The fraction of sp³-hybridized carbons (Fsp3) is 0.727. The first-order valence-electron chi connectivity index (χ1n) is 6.08. The number of nitrogens with zero attached hydrogens (tertiary/aromatic N) is 2. The van der Waals surface area contributed by atoms with Crippen LogP contribution in [0.5, 0.6) is 0 Å². The van der Waals surface area contributed by atoms with Crippen LogP contribution in [-0.2, 0) is 14.4 Å². The van der Waals surface area contributed by atoms with Gasteiger partial charge in [-0.15, -0.1) is 0 Å². The number of carbonyl (C=O) groups is 3. The van der Waals surface area contributed by atoms with Gasteiger partial charge in [0.05, 0.1) is 0 Å². The number of nitrogens with one attached hydrogen (secondary N) is 2. The molecule has 1 heterocycles. The fourth-order valence-electron chi connectivity index (χ4n) is 1.68. The summed E-state index contributed by atoms with van der Waals surface area (Å²) in [5.41, 5.74) is 0. The third-order valence-electron chi connectivity index (χ3n) is 2.85. The van der Waals surface area contributed by atoms with Gasteiger partial charge in [0, 0.05) is 39.3 Å². The van der Waals surface area contributed by atoms with Gasteiger partial charge in [0.15, 0.2) is 0 Å². The van der Waals surface area contributed by atoms with Crippen LogP contribution in [0, 0.1) is 0 Å². The molecule has 102 valence electrons. The van der Waals surface area contributed by atoms with E-state index >= 15 is 0 Å². The van der Waals surface area contributed by atoms with Gasteiger partial charge in [-0.2, -0.15) is 0 Å². The van der Waals surface area contributed by atoms with E-state index in [-0.39, 0.29) is 0 Å². The van der Waals surface area contributed by atoms with Gasteiger partial charge >= 0.3 is 11.8 Å². The van der Waals surface area contributed by atoms with Crippen LogP contribution in [0.4, 0.5) is 0 Å². The molecule has 7 nitrogen and oxygen atoms in total. The monoisotopic (exact) mass is 256 g/mol. The molecule has 1 saturated heterocycles. The minimum absolute atomic E-state index is 0.388. The summed E-state index contributed by atoms with van der Waals surface area (Å²) in [5, 5.41) is 5.04. The largest absolute Gasteiger partial charge is 0.359 e. The van der Waals surface area contributed by atoms with Crippen LogP contribution < -0.4 is 10.6 Å². The molecule has 7 heteroatoms. The first kappa shape index (κ1) is 14.4. The SMILES string of the molecule is CN1CCN(C(=O)C(=O)NCCCNC=O)CC1. The molecule has 0 saturated carbocycles. The normalized spacial score (nSPS) is 16.2. The summed E-state index contributed by atoms with van der Waals surface area (Å²) in [4.78, 5) is 37.0. The van der Waals surface area contributed by atoms with Crippen molar-refractivity contribution >= 4 is 18.2 Å². The molecule has 0 atom stereocenters. The average molecular weight is 256 g/mol. The molecule has 0 radical (unpaired) electrons. The number of hydrogen-bond donors (Lipinski definition) is 2. The third-order valence-corrected chi connectivity index (χ3v) is 2.85. The lowest BCUT2D eigenvalue weighted by Crippen LogP contribution is -2.51. The predicted octanol–water partition coefficient (Wildman–Crippen LogP) is -1.99. The van der Waals surface area contributed by atoms with Gasteiger partial charge in [-0.1, -0.05) is 0 Å². The number of piperazine rings is 1. The highest BCUT2D eigenvalue weighted by atomic mass is 16.2. The summed E-state index contributed by atoms with van der Waals surface area (Å²) in [7, 11) is 1.99. The molecule has 0 spiro atoms. The second-order valence-electron chi connectivity index (χ2n) is 4.28. The maximum absolute atomic E-state index is 11.7. The summed E-state index contributed by atoms with van der Waals surface area (Å²) in [6, 6.07) is 0. The van der Waals surface area contributed by atoms with E-state index in [1.165, 1.54) is 0 Å². The molecule has 1 aliphatic rings. The van der Waals surface area contributed by atoms with Crippen molar-refractivity contribution in [3.05, 3.63) is 0 Å². The van der Waals surface area contributed by atoms with Gasteiger partial charge in [0.2, 0.25) is 6.41 Å². The molecule has 1 rings (SSSR count). The number of likely N-dealkylation sites (N-methyl/N-ethyl adjacent to an activating group) is 1. The summed E-state index contributed by atoms with van der Waals surface area (Å²) in [6.45, 7) is 3.65. The lowest BCUT2D eigenvalue weighted by atomic mass is 10.3. The Labute approximate surface area is 106 Å². The quantitative estimate of drug-likeness (QED) is 0.339. The molecule has 3 amide bonds. The van der Waals surface area contributed by atoms with Gasteiger partial charge in [-0.05, 0) is 13.5 Å². The van der Waals surface area contributed by atoms with Gasteiger partial charge in [0.1, 0.15) is 0 Å². The van der Waals surface area contributed by atoms with Crippen molar-refractivity contribution in [1.29, 1.82) is 0 Å². The minimum atomic E-state index is -0.564. The molecular weight excluding hydrogens is 236 g/mol. The van der Waals surface area contributed by atoms with Gasteiger partial charge in [0.25, 0.3) is 0 Å². The number of hydrogen-bond acceptors (Lipinski definition) is 4. The molecule has 1 aliphatic heterocycles. The summed E-state index contributed by atoms with van der Waals surface area (Å²) < 4.78 is 0. The van der Waals surface area contributed by atoms with E-state index < -0.39 is 11.8 Å². The van der Waals surface area contributed by atoms with Crippen molar-refractivity contribution in [3.8, 4) is 0 Å². The Balaban J connectivity index is 2.20. The van der Waals surface area contributed by atoms with Crippen molar-refractivity contribution in [3.63, 3.8) is 0 Å². The van der Waals surface area contributed by atoms with Crippen molar-refractivity contribution in [2.45, 2.75) is 6.42 Å². The Morgan fingerprint density at radius 3 is 2.44 bits per heavy atom. The van der Waals surface area contributed by atoms with Gasteiger partial charge in [-0.25, -0.2) is 0 Å². The summed E-state index contributed by atoms with van der Waals surface area (Å²) >= 11 is 0. The molecule has 0 unspecified atom stereocenters. The molecule has 18 heavy (non-hydrogen) atoms. The van der Waals surface area contributed by atoms with Crippen LogP contribution in [0.3, 0.4) is 0 Å². The zero-order chi connectivity index (χ0) is 13.4. The van der Waals surface area contributed by atoms with Crippen molar-refractivity contribution < 1.29 is 14.4 Å². The van der Waals surface area contributed by atoms with Crippen molar-refractivity contribution in [2.75, 3.05) is 46.3 Å². The Morgan fingerprint density at radius 2 is 1.83 bits per heavy atom. The van der Waals surface area contributed by atoms with Gasteiger partial charge in [-0.3, -0.25) is 14.4 Å². The zero-order valence-electron chi connectivity index (χ0n) is 10.6. The zero-order valence-corrected chi connectivity index (χ0v) is 10.6. The topological polar surface area (TPSA) is 81.8 Å². The minimum Gasteiger partial charge on any atom is -0.359 e. The molecule has 2 N–H and O–H groups in total. The van der Waals surface area contributed by atoms with E-state index in [4.69, 9.17) is 0 Å². The third kappa shape index (κ3) is 4.70. The molecule has 0 aromatic carbocycles. The van der Waals surface area contributed by atoms with E-state index in [2.05, 4.69) is 15.5 Å². The molecule has 1 fully saturated rings. The molecule has 0 bridgehead atoms. The Kier molecular flexibility index (Phi) is 6.13. The molecule has 0 aliphatic carbocycles. The molecule has 0 aromatic heterocycles. The fourth-order valence-corrected chi connectivity index (χ4v) is 1.68. The highest BCUT2D eigenvalue weighted by Crippen LogP contribution is 1.99. The van der Waals surface area contributed by atoms with E-state index in [0.717, 1.165) is 13.1 Å². The predicted molar refractivity (Wildman–Crippen MR) is 65.8 cm³/mol. The van der Waals surface area contributed by atoms with Crippen LogP contribution >= 0.6 is 0 Å². The van der Waals surface area contributed by atoms with Crippen LogP contribution in [0.1, 0.15) is 6.42 Å². The highest BCUT2D eigenvalue weighted by Gasteiger charge is 2.24. The lowest BCUT2D eigenvalue weighted by molar-refractivity contribution is -0.146. The number of carbonyl (C=O) groups excluding carboxylic acids is 3. The van der Waals surface area contributed by atoms with E-state index in [1.807, 2.05) is 7.05 Å². The Bertz CT molecular complexity index is 301. The number of amides is 3. The number of rotatable bonds is 5. The van der Waals surface area contributed by atoms with E-state index in [0.29, 0.717) is 39.0 Å². The molecular formula is C11H20N4O3. The Hall–Kier alpha value is -1.63. The lowest BCUT2D eigenvalue weighted by Gasteiger charge is -2.31. The maximum Gasteiger partial charge on any atom is 0.311 e. The van der Waals surface area contributed by atoms with Crippen molar-refractivity contribution in [2.24, 2.45) is 0 Å². The average Bonchev–Trinajstić information content (AvgIpc) is 2.38. The molecule has 0 aromatic rings. The second-order valence-corrected chi connectivity index (χ2v) is 4.28. The Morgan fingerprint density at radius 1 is 1.17 bits per heavy atom. The van der Waals surface area contributed by atoms with Crippen LogP contribution in [0.15, 0.2) is 0 Å². The smallest absolute Gasteiger partial charge is 0.311 e. The summed E-state index contributed by atoms with van der Waals surface area (Å²) in [5.74, 6) is -1.03. The highest BCUT2D eigenvalue weighted by molar-refractivity contribution is 6.35. The first-order chi connectivity index (χ1) is 8.65. The first-order valence-corrected chi connectivity index (χ1v) is 6.08. The van der Waals surface area contributed by atoms with Crippen molar-refractivity contribution in [1.82, 2.24) is 20.4 Å². The van der Waals surface area contributed by atoms with Gasteiger partial charge < -0.3 is 20.4 Å². The maximum atomic E-state index is 11.7. The van der Waals surface area contributed by atoms with Crippen LogP contribution in [-0.4, -0.2) is 74.3 Å². The van der Waals surface area contributed by atoms with E-state index in [1.54, 1.807) is 4.90 Å². The standard InChI is InChI=1S/C11H20N4O3/c1-14-5-7-15(8-6-14)11(18)10(17)13-4-2-3-12-9-16/h9H,2-8H2,1H3,(H,12,16)(H,13,17).